The maximum absolute atomic E-state index is 2.49. The van der Waals surface area contributed by atoms with Crippen LogP contribution >= 0.6 is 11.8 Å². The molecule has 0 aromatic heterocycles. The first-order chi connectivity index (χ1) is 7.79. The summed E-state index contributed by atoms with van der Waals surface area (Å²) in [6.07, 6.45) is 2.16. The van der Waals surface area contributed by atoms with Crippen LogP contribution in [0.4, 0.5) is 5.69 Å². The molecular formula is C13H20N2S. The lowest BCUT2D eigenvalue weighted by Crippen LogP contribution is -2.44. The molecule has 0 N–H and O–H groups in total. The van der Waals surface area contributed by atoms with E-state index < -0.39 is 0 Å². The number of hydrogen-bond acceptors (Lipinski definition) is 3. The Kier molecular flexibility index (Phi) is 4.13. The number of thioether (sulfide) groups is 1. The van der Waals surface area contributed by atoms with Crippen molar-refractivity contribution in [1.82, 2.24) is 4.90 Å². The first-order valence-corrected chi connectivity index (χ1v) is 7.20. The van der Waals surface area contributed by atoms with Gasteiger partial charge in [0.25, 0.3) is 0 Å². The smallest absolute Gasteiger partial charge is 0.0370 e. The highest BCUT2D eigenvalue weighted by Gasteiger charge is 2.13. The Bertz CT molecular complexity index is 332. The number of piperazine rings is 1. The predicted octanol–water partition coefficient (Wildman–Crippen LogP) is 2.30. The number of nitrogens with zero attached hydrogens (tertiary/aromatic N) is 2. The summed E-state index contributed by atoms with van der Waals surface area (Å²) in [4.78, 5) is 4.88. The molecule has 0 atom stereocenters. The van der Waals surface area contributed by atoms with Crippen LogP contribution in [0.5, 0.6) is 0 Å². The lowest BCUT2D eigenvalue weighted by Gasteiger charge is -2.34. The number of benzene rings is 1. The lowest BCUT2D eigenvalue weighted by molar-refractivity contribution is 0.313. The second-order valence-electron chi connectivity index (χ2n) is 4.39. The van der Waals surface area contributed by atoms with Crippen molar-refractivity contribution in [2.45, 2.75) is 5.75 Å². The fourth-order valence-corrected chi connectivity index (χ4v) is 2.59. The number of anilines is 1. The summed E-state index contributed by atoms with van der Waals surface area (Å²) in [6.45, 7) is 4.65. The predicted molar refractivity (Wildman–Crippen MR) is 73.4 cm³/mol. The molecule has 0 spiro atoms. The Morgan fingerprint density at radius 3 is 2.62 bits per heavy atom. The van der Waals surface area contributed by atoms with E-state index >= 15 is 0 Å². The van der Waals surface area contributed by atoms with Crippen molar-refractivity contribution in [1.29, 1.82) is 0 Å². The van der Waals surface area contributed by atoms with Crippen LogP contribution < -0.4 is 4.90 Å². The molecule has 0 saturated carbocycles. The third-order valence-electron chi connectivity index (χ3n) is 3.09. The van der Waals surface area contributed by atoms with Crippen LogP contribution in [-0.2, 0) is 5.75 Å². The van der Waals surface area contributed by atoms with Crippen molar-refractivity contribution < 1.29 is 0 Å². The normalized spacial score (nSPS) is 17.8. The van der Waals surface area contributed by atoms with Crippen molar-refractivity contribution >= 4 is 17.4 Å². The Morgan fingerprint density at radius 2 is 1.94 bits per heavy atom. The summed E-state index contributed by atoms with van der Waals surface area (Å²) in [5.74, 6) is 1.11. The van der Waals surface area contributed by atoms with E-state index in [0.29, 0.717) is 0 Å². The number of rotatable bonds is 3. The van der Waals surface area contributed by atoms with Gasteiger partial charge in [-0.25, -0.2) is 0 Å². The van der Waals surface area contributed by atoms with Gasteiger partial charge in [0.15, 0.2) is 0 Å². The zero-order valence-corrected chi connectivity index (χ0v) is 11.0. The van der Waals surface area contributed by atoms with Gasteiger partial charge < -0.3 is 9.80 Å². The summed E-state index contributed by atoms with van der Waals surface area (Å²) >= 11 is 1.88. The van der Waals surface area contributed by atoms with Gasteiger partial charge in [0, 0.05) is 37.6 Å². The van der Waals surface area contributed by atoms with Crippen molar-refractivity contribution in [3.63, 3.8) is 0 Å². The molecule has 2 rings (SSSR count). The van der Waals surface area contributed by atoms with Gasteiger partial charge in [0.1, 0.15) is 0 Å². The van der Waals surface area contributed by atoms with Gasteiger partial charge in [-0.15, -0.1) is 0 Å². The SMILES string of the molecule is CSCc1cccc(N2CCN(C)CC2)c1. The van der Waals surface area contributed by atoms with Crippen molar-refractivity contribution in [2.75, 3.05) is 44.4 Å². The molecule has 1 heterocycles. The first kappa shape index (κ1) is 11.8. The molecule has 0 bridgehead atoms. The average Bonchev–Trinajstić information content (AvgIpc) is 2.31. The minimum atomic E-state index is 1.11. The average molecular weight is 236 g/mol. The van der Waals surface area contributed by atoms with Crippen LogP contribution in [0.25, 0.3) is 0 Å². The Hall–Kier alpha value is -0.670. The van der Waals surface area contributed by atoms with Gasteiger partial charge in [0.05, 0.1) is 0 Å². The van der Waals surface area contributed by atoms with E-state index in [2.05, 4.69) is 47.4 Å². The van der Waals surface area contributed by atoms with Crippen LogP contribution in [0.3, 0.4) is 0 Å². The summed E-state index contributed by atoms with van der Waals surface area (Å²) in [5, 5.41) is 0. The van der Waals surface area contributed by atoms with Crippen molar-refractivity contribution in [2.24, 2.45) is 0 Å². The van der Waals surface area contributed by atoms with Crippen LogP contribution in [0.15, 0.2) is 24.3 Å². The second kappa shape index (κ2) is 5.60. The highest BCUT2D eigenvalue weighted by molar-refractivity contribution is 7.97. The summed E-state index contributed by atoms with van der Waals surface area (Å²) in [6, 6.07) is 8.96. The highest BCUT2D eigenvalue weighted by Crippen LogP contribution is 2.19. The molecule has 0 radical (unpaired) electrons. The Labute approximate surface area is 103 Å². The Balaban J connectivity index is 2.05. The van der Waals surface area contributed by atoms with Gasteiger partial charge >= 0.3 is 0 Å². The summed E-state index contributed by atoms with van der Waals surface area (Å²) < 4.78 is 0. The third kappa shape index (κ3) is 2.92. The minimum absolute atomic E-state index is 1.11. The molecule has 16 heavy (non-hydrogen) atoms. The van der Waals surface area contributed by atoms with Gasteiger partial charge in [-0.1, -0.05) is 12.1 Å². The van der Waals surface area contributed by atoms with Gasteiger partial charge in [-0.3, -0.25) is 0 Å². The molecule has 3 heteroatoms. The van der Waals surface area contributed by atoms with Crippen LogP contribution in [0.2, 0.25) is 0 Å². The summed E-state index contributed by atoms with van der Waals surface area (Å²) in [7, 11) is 2.20. The molecule has 1 aliphatic heterocycles. The molecular weight excluding hydrogens is 216 g/mol. The maximum atomic E-state index is 2.49. The van der Waals surface area contributed by atoms with E-state index in [1.54, 1.807) is 0 Å². The van der Waals surface area contributed by atoms with E-state index in [9.17, 15) is 0 Å². The van der Waals surface area contributed by atoms with E-state index in [1.165, 1.54) is 24.3 Å². The fourth-order valence-electron chi connectivity index (χ4n) is 2.07. The van der Waals surface area contributed by atoms with Gasteiger partial charge in [0.2, 0.25) is 0 Å². The molecule has 0 aliphatic carbocycles. The van der Waals surface area contributed by atoms with Crippen molar-refractivity contribution in [3.8, 4) is 0 Å². The highest BCUT2D eigenvalue weighted by atomic mass is 32.2. The van der Waals surface area contributed by atoms with E-state index in [4.69, 9.17) is 0 Å². The minimum Gasteiger partial charge on any atom is -0.369 e. The maximum Gasteiger partial charge on any atom is 0.0370 e. The van der Waals surface area contributed by atoms with Crippen LogP contribution in [-0.4, -0.2) is 44.4 Å². The third-order valence-corrected chi connectivity index (χ3v) is 3.71. The molecule has 1 saturated heterocycles. The molecule has 0 amide bonds. The zero-order valence-electron chi connectivity index (χ0n) is 10.1. The first-order valence-electron chi connectivity index (χ1n) is 5.81. The fraction of sp³-hybridized carbons (Fsp3) is 0.538. The van der Waals surface area contributed by atoms with Gasteiger partial charge in [-0.2, -0.15) is 11.8 Å². The van der Waals surface area contributed by atoms with E-state index in [-0.39, 0.29) is 0 Å². The second-order valence-corrected chi connectivity index (χ2v) is 5.26. The quantitative estimate of drug-likeness (QED) is 0.795. The molecule has 2 nitrogen and oxygen atoms in total. The molecule has 1 aromatic rings. The molecule has 0 unspecified atom stereocenters. The van der Waals surface area contributed by atoms with E-state index in [0.717, 1.165) is 18.8 Å². The Morgan fingerprint density at radius 1 is 1.19 bits per heavy atom. The van der Waals surface area contributed by atoms with Crippen molar-refractivity contribution in [3.05, 3.63) is 29.8 Å². The monoisotopic (exact) mass is 236 g/mol. The van der Waals surface area contributed by atoms with Crippen LogP contribution in [0.1, 0.15) is 5.56 Å². The number of hydrogen-bond donors (Lipinski definition) is 0. The zero-order chi connectivity index (χ0) is 11.4. The lowest BCUT2D eigenvalue weighted by atomic mass is 10.2. The molecule has 1 aliphatic rings. The largest absolute Gasteiger partial charge is 0.369 e. The topological polar surface area (TPSA) is 6.48 Å². The summed E-state index contributed by atoms with van der Waals surface area (Å²) in [5.41, 5.74) is 2.82. The van der Waals surface area contributed by atoms with Gasteiger partial charge in [-0.05, 0) is 31.0 Å². The molecule has 1 fully saturated rings. The standard InChI is InChI=1S/C13H20N2S/c1-14-6-8-15(9-7-14)13-5-3-4-12(10-13)11-16-2/h3-5,10H,6-9,11H2,1-2H3. The van der Waals surface area contributed by atoms with Crippen LogP contribution in [0, 0.1) is 0 Å². The molecule has 1 aromatic carbocycles. The van der Waals surface area contributed by atoms with E-state index in [1.807, 2.05) is 11.8 Å². The molecule has 88 valence electrons. The number of likely N-dealkylation sites (N-methyl/N-ethyl adjacent to an activating group) is 1.